The molecule has 10 heteroatoms. The predicted molar refractivity (Wildman–Crippen MR) is 132 cm³/mol. The number of halogens is 1. The van der Waals surface area contributed by atoms with E-state index in [0.29, 0.717) is 16.1 Å². The Balaban J connectivity index is 1.23. The lowest BCUT2D eigenvalue weighted by Gasteiger charge is -2.35. The maximum Gasteiger partial charge on any atom is 0.261 e. The molecule has 4 heterocycles. The van der Waals surface area contributed by atoms with E-state index in [1.807, 2.05) is 31.6 Å². The summed E-state index contributed by atoms with van der Waals surface area (Å²) in [5.74, 6) is -0.428. The number of piperazine rings is 1. The number of amides is 1. The maximum absolute atomic E-state index is 14.3. The molecule has 4 aromatic rings. The summed E-state index contributed by atoms with van der Waals surface area (Å²) in [7, 11) is 1.82. The zero-order valence-corrected chi connectivity index (χ0v) is 20.1. The minimum Gasteiger partial charge on any atom is -0.348 e. The molecule has 0 saturated carbocycles. The van der Waals surface area contributed by atoms with E-state index in [-0.39, 0.29) is 17.8 Å². The van der Waals surface area contributed by atoms with E-state index in [0.717, 1.165) is 48.1 Å². The summed E-state index contributed by atoms with van der Waals surface area (Å²) < 4.78 is 16.1. The largest absolute Gasteiger partial charge is 0.348 e. The van der Waals surface area contributed by atoms with Crippen molar-refractivity contribution in [3.8, 4) is 11.3 Å². The first-order chi connectivity index (χ1) is 16.0. The number of aromatic nitrogens is 3. The van der Waals surface area contributed by atoms with Crippen molar-refractivity contribution in [2.24, 2.45) is 7.05 Å². The molecule has 0 spiro atoms. The lowest BCUT2D eigenvalue weighted by Crippen LogP contribution is -2.50. The number of carbonyl (C=O) groups is 1. The standard InChI is InChI=1S/C23H25FN6OS2/c1-15(14-29-8-10-30(11-9-29)23-25-7-12-32-23)26-21(31)19-13-17-20(27-28(2)22(17)33-19)16-5-3-4-6-18(16)24/h3-7,12-13,15H,8-11,14H2,1-2H3,(H,26,31). The van der Waals surface area contributed by atoms with Crippen LogP contribution in [0.15, 0.2) is 41.9 Å². The van der Waals surface area contributed by atoms with Crippen LogP contribution < -0.4 is 10.2 Å². The molecule has 0 radical (unpaired) electrons. The monoisotopic (exact) mass is 484 g/mol. The van der Waals surface area contributed by atoms with Gasteiger partial charge in [0.1, 0.15) is 16.3 Å². The minimum atomic E-state index is -0.321. The zero-order chi connectivity index (χ0) is 22.9. The van der Waals surface area contributed by atoms with Crippen LogP contribution in [0, 0.1) is 5.82 Å². The van der Waals surface area contributed by atoms with Gasteiger partial charge in [0, 0.05) is 68.3 Å². The van der Waals surface area contributed by atoms with Crippen LogP contribution in [-0.4, -0.2) is 64.3 Å². The van der Waals surface area contributed by atoms with Gasteiger partial charge in [0.25, 0.3) is 5.91 Å². The zero-order valence-electron chi connectivity index (χ0n) is 18.5. The van der Waals surface area contributed by atoms with Crippen LogP contribution in [-0.2, 0) is 7.05 Å². The van der Waals surface area contributed by atoms with Crippen molar-refractivity contribution in [2.45, 2.75) is 13.0 Å². The Kier molecular flexibility index (Phi) is 6.13. The molecule has 7 nitrogen and oxygen atoms in total. The summed E-state index contributed by atoms with van der Waals surface area (Å²) in [5, 5.41) is 11.5. The number of fused-ring (bicyclic) bond motifs is 1. The van der Waals surface area contributed by atoms with E-state index >= 15 is 0 Å². The molecule has 172 valence electrons. The van der Waals surface area contributed by atoms with Crippen molar-refractivity contribution >= 4 is 43.9 Å². The van der Waals surface area contributed by atoms with Crippen molar-refractivity contribution < 1.29 is 9.18 Å². The molecule has 33 heavy (non-hydrogen) atoms. The normalized spacial score (nSPS) is 15.8. The second kappa shape index (κ2) is 9.20. The molecule has 0 bridgehead atoms. The number of hydrogen-bond donors (Lipinski definition) is 1. The molecule has 1 aromatic carbocycles. The summed E-state index contributed by atoms with van der Waals surface area (Å²) in [4.78, 5) is 23.5. The van der Waals surface area contributed by atoms with Crippen molar-refractivity contribution in [2.75, 3.05) is 37.6 Å². The molecule has 1 atom stereocenters. The van der Waals surface area contributed by atoms with Gasteiger partial charge in [-0.3, -0.25) is 14.4 Å². The average molecular weight is 485 g/mol. The Bertz CT molecular complexity index is 1260. The fourth-order valence-corrected chi connectivity index (χ4v) is 5.90. The smallest absolute Gasteiger partial charge is 0.261 e. The van der Waals surface area contributed by atoms with E-state index in [1.54, 1.807) is 34.2 Å². The van der Waals surface area contributed by atoms with Gasteiger partial charge in [0.2, 0.25) is 0 Å². The fourth-order valence-electron chi connectivity index (χ4n) is 4.23. The third kappa shape index (κ3) is 4.50. The molecule has 1 amide bonds. The highest BCUT2D eigenvalue weighted by Crippen LogP contribution is 2.34. The molecule has 1 unspecified atom stereocenters. The highest BCUT2D eigenvalue weighted by molar-refractivity contribution is 7.20. The first-order valence-corrected chi connectivity index (χ1v) is 12.6. The number of rotatable bonds is 6. The van der Waals surface area contributed by atoms with E-state index in [4.69, 9.17) is 0 Å². The van der Waals surface area contributed by atoms with Crippen LogP contribution in [0.3, 0.4) is 0 Å². The quantitative estimate of drug-likeness (QED) is 0.451. The number of aryl methyl sites for hydroxylation is 1. The number of hydrogen-bond acceptors (Lipinski definition) is 7. The van der Waals surface area contributed by atoms with Crippen LogP contribution in [0.25, 0.3) is 21.5 Å². The third-order valence-electron chi connectivity index (χ3n) is 5.84. The van der Waals surface area contributed by atoms with Gasteiger partial charge in [-0.15, -0.1) is 22.7 Å². The molecule has 1 fully saturated rings. The molecule has 1 aliphatic rings. The number of nitrogens with zero attached hydrogens (tertiary/aromatic N) is 5. The maximum atomic E-state index is 14.3. The molecule has 1 saturated heterocycles. The van der Waals surface area contributed by atoms with Gasteiger partial charge in [-0.1, -0.05) is 12.1 Å². The van der Waals surface area contributed by atoms with Gasteiger partial charge in [-0.05, 0) is 25.1 Å². The number of thiazole rings is 1. The highest BCUT2D eigenvalue weighted by atomic mass is 32.1. The van der Waals surface area contributed by atoms with Crippen molar-refractivity contribution in [3.63, 3.8) is 0 Å². The lowest BCUT2D eigenvalue weighted by atomic mass is 10.1. The van der Waals surface area contributed by atoms with Crippen LogP contribution in [0.2, 0.25) is 0 Å². The SMILES string of the molecule is CC(CN1CCN(c2nccs2)CC1)NC(=O)c1cc2c(-c3ccccc3F)nn(C)c2s1. The lowest BCUT2D eigenvalue weighted by molar-refractivity contribution is 0.0932. The van der Waals surface area contributed by atoms with Crippen molar-refractivity contribution in [1.82, 2.24) is 25.0 Å². The van der Waals surface area contributed by atoms with Crippen LogP contribution in [0.1, 0.15) is 16.6 Å². The average Bonchev–Trinajstić information content (AvgIpc) is 3.53. The molecule has 0 aliphatic carbocycles. The molecular weight excluding hydrogens is 459 g/mol. The summed E-state index contributed by atoms with van der Waals surface area (Å²) in [6, 6.07) is 8.42. The Morgan fingerprint density at radius 3 is 2.76 bits per heavy atom. The van der Waals surface area contributed by atoms with Crippen LogP contribution in [0.5, 0.6) is 0 Å². The van der Waals surface area contributed by atoms with Gasteiger partial charge in [-0.25, -0.2) is 9.37 Å². The molecule has 1 N–H and O–H groups in total. The molecular formula is C23H25FN6OS2. The number of benzene rings is 1. The van der Waals surface area contributed by atoms with Gasteiger partial charge in [0.05, 0.1) is 4.88 Å². The topological polar surface area (TPSA) is 66.3 Å². The van der Waals surface area contributed by atoms with E-state index in [9.17, 15) is 9.18 Å². The third-order valence-corrected chi connectivity index (χ3v) is 7.87. The fraction of sp³-hybridized carbons (Fsp3) is 0.348. The number of nitrogens with one attached hydrogen (secondary N) is 1. The molecule has 5 rings (SSSR count). The second-order valence-electron chi connectivity index (χ2n) is 8.26. The van der Waals surface area contributed by atoms with Crippen molar-refractivity contribution in [1.29, 1.82) is 0 Å². The van der Waals surface area contributed by atoms with Gasteiger partial charge < -0.3 is 10.2 Å². The minimum absolute atomic E-state index is 0.0123. The number of carbonyl (C=O) groups excluding carboxylic acids is 1. The summed E-state index contributed by atoms with van der Waals surface area (Å²) in [5.41, 5.74) is 1.00. The van der Waals surface area contributed by atoms with Crippen LogP contribution in [0.4, 0.5) is 9.52 Å². The summed E-state index contributed by atoms with van der Waals surface area (Å²) >= 11 is 3.05. The number of anilines is 1. The summed E-state index contributed by atoms with van der Waals surface area (Å²) in [6.07, 6.45) is 1.84. The highest BCUT2D eigenvalue weighted by Gasteiger charge is 2.23. The first-order valence-electron chi connectivity index (χ1n) is 10.9. The first kappa shape index (κ1) is 22.0. The summed E-state index contributed by atoms with van der Waals surface area (Å²) in [6.45, 7) is 6.60. The Morgan fingerprint density at radius 1 is 1.24 bits per heavy atom. The molecule has 3 aromatic heterocycles. The van der Waals surface area contributed by atoms with Gasteiger partial charge >= 0.3 is 0 Å². The number of thiophene rings is 1. The van der Waals surface area contributed by atoms with E-state index in [1.165, 1.54) is 17.4 Å². The van der Waals surface area contributed by atoms with Gasteiger partial charge in [-0.2, -0.15) is 5.10 Å². The van der Waals surface area contributed by atoms with Crippen LogP contribution >= 0.6 is 22.7 Å². The van der Waals surface area contributed by atoms with E-state index in [2.05, 4.69) is 25.2 Å². The second-order valence-corrected chi connectivity index (χ2v) is 10.2. The van der Waals surface area contributed by atoms with E-state index < -0.39 is 0 Å². The Hall–Kier alpha value is -2.82. The van der Waals surface area contributed by atoms with Gasteiger partial charge in [0.15, 0.2) is 5.13 Å². The Labute approximate surface area is 199 Å². The van der Waals surface area contributed by atoms with Crippen molar-refractivity contribution in [3.05, 3.63) is 52.6 Å². The predicted octanol–water partition coefficient (Wildman–Crippen LogP) is 3.84. The Morgan fingerprint density at radius 2 is 2.03 bits per heavy atom. The molecule has 1 aliphatic heterocycles.